The van der Waals surface area contributed by atoms with E-state index in [1.54, 1.807) is 0 Å². The van der Waals surface area contributed by atoms with Crippen molar-refractivity contribution in [2.24, 2.45) is 5.41 Å². The monoisotopic (exact) mass is 326 g/mol. The zero-order valence-electron chi connectivity index (χ0n) is 14.9. The topological polar surface area (TPSA) is 89.3 Å². The van der Waals surface area contributed by atoms with Crippen molar-refractivity contribution in [1.29, 1.82) is 0 Å². The van der Waals surface area contributed by atoms with Crippen LogP contribution >= 0.6 is 0 Å². The van der Waals surface area contributed by atoms with E-state index in [-0.39, 0.29) is 6.61 Å². The summed E-state index contributed by atoms with van der Waals surface area (Å²) in [7, 11) is 0. The zero-order valence-corrected chi connectivity index (χ0v) is 14.9. The van der Waals surface area contributed by atoms with Crippen molar-refractivity contribution in [3.05, 3.63) is 12.2 Å². The van der Waals surface area contributed by atoms with Gasteiger partial charge in [0.25, 0.3) is 0 Å². The number of ether oxygens (including phenoxy) is 1. The van der Waals surface area contributed by atoms with Crippen molar-refractivity contribution >= 4 is 6.09 Å². The van der Waals surface area contributed by atoms with E-state index in [2.05, 4.69) is 22.3 Å². The third kappa shape index (κ3) is 6.17. The Balaban J connectivity index is 2.79. The molecule has 1 amide bonds. The maximum Gasteiger partial charge on any atom is 0.407 e. The molecule has 2 N–H and O–H groups in total. The molecule has 0 aliphatic rings. The molecule has 0 spiro atoms. The van der Waals surface area contributed by atoms with Crippen molar-refractivity contribution in [2.45, 2.75) is 66.0 Å². The minimum Gasteiger partial charge on any atom is -0.444 e. The summed E-state index contributed by atoms with van der Waals surface area (Å²) in [5.41, 5.74) is -1.01. The highest BCUT2D eigenvalue weighted by Gasteiger charge is 2.32. The highest BCUT2D eigenvalue weighted by Crippen LogP contribution is 2.27. The maximum absolute atomic E-state index is 11.9. The number of carbonyl (C=O) groups excluding carboxylic acids is 1. The molecule has 1 aromatic heterocycles. The van der Waals surface area contributed by atoms with Gasteiger partial charge in [-0.2, -0.15) is 5.10 Å². The van der Waals surface area contributed by atoms with E-state index < -0.39 is 17.1 Å². The molecule has 0 aromatic carbocycles. The molecule has 0 saturated heterocycles. The second-order valence-corrected chi connectivity index (χ2v) is 6.93. The molecule has 7 nitrogen and oxygen atoms in total. The Morgan fingerprint density at radius 2 is 2.09 bits per heavy atom. The molecule has 1 rings (SSSR count). The molecule has 0 aliphatic heterocycles. The molecule has 132 valence electrons. The Bertz CT molecular complexity index is 496. The van der Waals surface area contributed by atoms with Crippen LogP contribution < -0.4 is 5.32 Å². The van der Waals surface area contributed by atoms with Gasteiger partial charge in [-0.3, -0.25) is 4.68 Å². The molecule has 23 heavy (non-hydrogen) atoms. The number of carbonyl (C=O) groups is 1. The molecule has 1 atom stereocenters. The summed E-state index contributed by atoms with van der Waals surface area (Å²) in [5.74, 6) is 0.820. The van der Waals surface area contributed by atoms with Gasteiger partial charge in [0.05, 0.1) is 6.61 Å². The summed E-state index contributed by atoms with van der Waals surface area (Å²) in [4.78, 5) is 16.2. The van der Waals surface area contributed by atoms with Crippen LogP contribution in [-0.2, 0) is 17.7 Å². The fraction of sp³-hybridized carbons (Fsp3) is 0.812. The summed E-state index contributed by atoms with van der Waals surface area (Å²) >= 11 is 0. The Morgan fingerprint density at radius 3 is 2.61 bits per heavy atom. The fourth-order valence-corrected chi connectivity index (χ4v) is 2.56. The van der Waals surface area contributed by atoms with Gasteiger partial charge >= 0.3 is 6.09 Å². The summed E-state index contributed by atoms with van der Waals surface area (Å²) in [5, 5.41) is 16.9. The number of rotatable bonds is 8. The largest absolute Gasteiger partial charge is 0.444 e. The number of aliphatic hydroxyl groups excluding tert-OH is 1. The number of aromatic nitrogens is 3. The van der Waals surface area contributed by atoms with Crippen LogP contribution in [0.3, 0.4) is 0 Å². The Hall–Kier alpha value is -1.63. The second kappa shape index (κ2) is 8.29. The number of amides is 1. The van der Waals surface area contributed by atoms with Crippen LogP contribution in [0, 0.1) is 5.41 Å². The maximum atomic E-state index is 11.9. The predicted octanol–water partition coefficient (Wildman–Crippen LogP) is 2.14. The number of nitrogens with zero attached hydrogens (tertiary/aromatic N) is 3. The van der Waals surface area contributed by atoms with E-state index in [9.17, 15) is 9.90 Å². The lowest BCUT2D eigenvalue weighted by atomic mass is 9.80. The van der Waals surface area contributed by atoms with Gasteiger partial charge in [0.15, 0.2) is 0 Å². The summed E-state index contributed by atoms with van der Waals surface area (Å²) in [6.45, 7) is 10.5. The normalized spacial score (nSPS) is 14.3. The molecular weight excluding hydrogens is 296 g/mol. The third-order valence-electron chi connectivity index (χ3n) is 3.65. The average Bonchev–Trinajstić information content (AvgIpc) is 2.90. The molecule has 0 bridgehead atoms. The lowest BCUT2D eigenvalue weighted by Crippen LogP contribution is -2.44. The van der Waals surface area contributed by atoms with E-state index in [0.29, 0.717) is 13.0 Å². The zero-order chi connectivity index (χ0) is 17.5. The van der Waals surface area contributed by atoms with Crippen LogP contribution in [0.4, 0.5) is 4.79 Å². The highest BCUT2D eigenvalue weighted by molar-refractivity contribution is 5.67. The second-order valence-electron chi connectivity index (χ2n) is 6.93. The minimum atomic E-state index is -0.543. The minimum absolute atomic E-state index is 0.0345. The molecule has 1 aromatic rings. The van der Waals surface area contributed by atoms with Gasteiger partial charge < -0.3 is 15.2 Å². The number of aryl methyl sites for hydroxylation is 1. The molecule has 0 radical (unpaired) electrons. The molecule has 1 unspecified atom stereocenters. The lowest BCUT2D eigenvalue weighted by molar-refractivity contribution is 0.0451. The first kappa shape index (κ1) is 19.4. The van der Waals surface area contributed by atoms with Gasteiger partial charge in [-0.25, -0.2) is 9.78 Å². The van der Waals surface area contributed by atoms with Crippen molar-refractivity contribution in [3.8, 4) is 0 Å². The molecular formula is C16H30N4O3. The predicted molar refractivity (Wildman–Crippen MR) is 88.1 cm³/mol. The quantitative estimate of drug-likeness (QED) is 0.764. The summed E-state index contributed by atoms with van der Waals surface area (Å²) < 4.78 is 7.08. The number of alkyl carbamates (subject to hydrolysis) is 1. The SMILES string of the molecule is CCCC(CO)(CNC(=O)OC(C)(C)C)Cc1ncnn1CC. The Morgan fingerprint density at radius 1 is 1.39 bits per heavy atom. The number of hydrogen-bond acceptors (Lipinski definition) is 5. The van der Waals surface area contributed by atoms with Gasteiger partial charge in [-0.15, -0.1) is 0 Å². The van der Waals surface area contributed by atoms with Gasteiger partial charge in [-0.1, -0.05) is 13.3 Å². The van der Waals surface area contributed by atoms with Gasteiger partial charge in [0.2, 0.25) is 0 Å². The fourth-order valence-electron chi connectivity index (χ4n) is 2.56. The van der Waals surface area contributed by atoms with Crippen molar-refractivity contribution in [3.63, 3.8) is 0 Å². The van der Waals surface area contributed by atoms with Crippen molar-refractivity contribution in [1.82, 2.24) is 20.1 Å². The van der Waals surface area contributed by atoms with Crippen molar-refractivity contribution in [2.75, 3.05) is 13.2 Å². The van der Waals surface area contributed by atoms with Gasteiger partial charge in [-0.05, 0) is 34.1 Å². The van der Waals surface area contributed by atoms with Crippen LogP contribution in [0.25, 0.3) is 0 Å². The first-order valence-corrected chi connectivity index (χ1v) is 8.19. The summed E-state index contributed by atoms with van der Waals surface area (Å²) in [6, 6.07) is 0. The number of aliphatic hydroxyl groups is 1. The Kier molecular flexibility index (Phi) is 7.00. The molecule has 1 heterocycles. The van der Waals surface area contributed by atoms with Crippen LogP contribution in [0.15, 0.2) is 6.33 Å². The van der Waals surface area contributed by atoms with Gasteiger partial charge in [0, 0.05) is 24.9 Å². The van der Waals surface area contributed by atoms with E-state index >= 15 is 0 Å². The number of hydrogen-bond donors (Lipinski definition) is 2. The van der Waals surface area contributed by atoms with Crippen LogP contribution in [-0.4, -0.2) is 44.7 Å². The molecule has 0 saturated carbocycles. The standard InChI is InChI=1S/C16H30N4O3/c1-6-8-16(11-21,9-13-18-12-19-20(13)7-2)10-17-14(22)23-15(3,4)5/h12,21H,6-11H2,1-5H3,(H,17,22). The summed E-state index contributed by atoms with van der Waals surface area (Å²) in [6.07, 6.45) is 3.28. The van der Waals surface area contributed by atoms with E-state index in [1.165, 1.54) is 6.33 Å². The first-order valence-electron chi connectivity index (χ1n) is 8.19. The van der Waals surface area contributed by atoms with E-state index in [1.807, 2.05) is 32.4 Å². The smallest absolute Gasteiger partial charge is 0.407 e. The van der Waals surface area contributed by atoms with Crippen molar-refractivity contribution < 1.29 is 14.6 Å². The highest BCUT2D eigenvalue weighted by atomic mass is 16.6. The molecule has 0 aliphatic carbocycles. The number of nitrogens with one attached hydrogen (secondary N) is 1. The first-order chi connectivity index (χ1) is 10.7. The third-order valence-corrected chi connectivity index (χ3v) is 3.65. The molecule has 7 heteroatoms. The van der Waals surface area contributed by atoms with Crippen LogP contribution in [0.1, 0.15) is 53.3 Å². The molecule has 0 fully saturated rings. The van der Waals surface area contributed by atoms with Crippen LogP contribution in [0.2, 0.25) is 0 Å². The lowest BCUT2D eigenvalue weighted by Gasteiger charge is -2.32. The Labute approximate surface area is 138 Å². The average molecular weight is 326 g/mol. The van der Waals surface area contributed by atoms with E-state index in [4.69, 9.17) is 4.74 Å². The van der Waals surface area contributed by atoms with E-state index in [0.717, 1.165) is 25.2 Å². The van der Waals surface area contributed by atoms with Crippen LogP contribution in [0.5, 0.6) is 0 Å². The van der Waals surface area contributed by atoms with Gasteiger partial charge in [0.1, 0.15) is 17.8 Å².